The highest BCUT2D eigenvalue weighted by atomic mass is 15.3. The van der Waals surface area contributed by atoms with Gasteiger partial charge in [0.05, 0.1) is 5.69 Å². The van der Waals surface area contributed by atoms with Crippen molar-refractivity contribution in [1.29, 1.82) is 0 Å². The summed E-state index contributed by atoms with van der Waals surface area (Å²) in [5.74, 6) is 0.654. The summed E-state index contributed by atoms with van der Waals surface area (Å²) in [6, 6.07) is 2.82. The molecule has 0 radical (unpaired) electrons. The van der Waals surface area contributed by atoms with Gasteiger partial charge in [-0.25, -0.2) is 0 Å². The Kier molecular flexibility index (Phi) is 6.41. The van der Waals surface area contributed by atoms with Crippen LogP contribution in [0.3, 0.4) is 0 Å². The van der Waals surface area contributed by atoms with Crippen LogP contribution in [0.4, 0.5) is 0 Å². The minimum Gasteiger partial charge on any atom is -0.313 e. The lowest BCUT2D eigenvalue weighted by Crippen LogP contribution is -2.36. The fourth-order valence-electron chi connectivity index (χ4n) is 2.22. The van der Waals surface area contributed by atoms with Crippen LogP contribution in [0.2, 0.25) is 0 Å². The standard InChI is InChI=1S/C15H29N3/c1-6-9-16-15(12(4)5)11-14-10-13(7-2)17-18(14)8-3/h10,12,15-16H,6-9,11H2,1-5H3. The number of rotatable bonds is 8. The molecule has 1 aromatic heterocycles. The molecule has 1 rings (SSSR count). The van der Waals surface area contributed by atoms with E-state index in [0.717, 1.165) is 25.9 Å². The fourth-order valence-corrected chi connectivity index (χ4v) is 2.22. The first kappa shape index (κ1) is 15.2. The Labute approximate surface area is 112 Å². The second-order valence-electron chi connectivity index (χ2n) is 5.31. The number of aromatic nitrogens is 2. The van der Waals surface area contributed by atoms with E-state index in [-0.39, 0.29) is 0 Å². The highest BCUT2D eigenvalue weighted by molar-refractivity contribution is 5.12. The smallest absolute Gasteiger partial charge is 0.0624 e. The molecule has 18 heavy (non-hydrogen) atoms. The van der Waals surface area contributed by atoms with Gasteiger partial charge in [-0.1, -0.05) is 27.7 Å². The fraction of sp³-hybridized carbons (Fsp3) is 0.800. The van der Waals surface area contributed by atoms with E-state index < -0.39 is 0 Å². The summed E-state index contributed by atoms with van der Waals surface area (Å²) in [5.41, 5.74) is 2.58. The van der Waals surface area contributed by atoms with Gasteiger partial charge in [-0.05, 0) is 38.3 Å². The Morgan fingerprint density at radius 3 is 2.50 bits per heavy atom. The highest BCUT2D eigenvalue weighted by Crippen LogP contribution is 2.13. The SMILES string of the molecule is CCCNC(Cc1cc(CC)nn1CC)C(C)C. The van der Waals surface area contributed by atoms with Gasteiger partial charge in [0.15, 0.2) is 0 Å². The lowest BCUT2D eigenvalue weighted by molar-refractivity contribution is 0.387. The molecule has 3 heteroatoms. The van der Waals surface area contributed by atoms with E-state index >= 15 is 0 Å². The molecule has 3 nitrogen and oxygen atoms in total. The van der Waals surface area contributed by atoms with Gasteiger partial charge in [0.1, 0.15) is 0 Å². The number of nitrogens with zero attached hydrogens (tertiary/aromatic N) is 2. The first-order valence-corrected chi connectivity index (χ1v) is 7.41. The summed E-state index contributed by atoms with van der Waals surface area (Å²) in [7, 11) is 0. The molecule has 1 unspecified atom stereocenters. The summed E-state index contributed by atoms with van der Waals surface area (Å²) in [6.07, 6.45) is 3.30. The van der Waals surface area contributed by atoms with Crippen LogP contribution in [0, 0.1) is 5.92 Å². The topological polar surface area (TPSA) is 29.9 Å². The highest BCUT2D eigenvalue weighted by Gasteiger charge is 2.16. The molecule has 0 saturated carbocycles. The average Bonchev–Trinajstić information content (AvgIpc) is 2.76. The van der Waals surface area contributed by atoms with Crippen molar-refractivity contribution in [2.24, 2.45) is 5.92 Å². The van der Waals surface area contributed by atoms with Crippen LogP contribution in [0.25, 0.3) is 0 Å². The molecule has 0 aliphatic rings. The summed E-state index contributed by atoms with van der Waals surface area (Å²) in [4.78, 5) is 0. The number of hydrogen-bond donors (Lipinski definition) is 1. The van der Waals surface area contributed by atoms with E-state index in [1.54, 1.807) is 0 Å². The molecule has 0 bridgehead atoms. The Bertz CT molecular complexity index is 342. The second-order valence-corrected chi connectivity index (χ2v) is 5.31. The molecule has 1 heterocycles. The van der Waals surface area contributed by atoms with Gasteiger partial charge in [0.25, 0.3) is 0 Å². The van der Waals surface area contributed by atoms with Crippen molar-refractivity contribution in [3.8, 4) is 0 Å². The van der Waals surface area contributed by atoms with Gasteiger partial charge in [-0.3, -0.25) is 4.68 Å². The molecule has 1 atom stereocenters. The third-order valence-electron chi connectivity index (χ3n) is 3.47. The van der Waals surface area contributed by atoms with E-state index in [1.807, 2.05) is 0 Å². The van der Waals surface area contributed by atoms with Crippen LogP contribution in [-0.2, 0) is 19.4 Å². The van der Waals surface area contributed by atoms with E-state index in [2.05, 4.69) is 55.8 Å². The molecule has 0 aromatic carbocycles. The average molecular weight is 251 g/mol. The summed E-state index contributed by atoms with van der Waals surface area (Å²) < 4.78 is 2.15. The zero-order valence-corrected chi connectivity index (χ0v) is 12.7. The summed E-state index contributed by atoms with van der Waals surface area (Å²) in [6.45, 7) is 13.2. The molecule has 0 spiro atoms. The van der Waals surface area contributed by atoms with E-state index in [1.165, 1.54) is 17.8 Å². The molecular formula is C15H29N3. The van der Waals surface area contributed by atoms with Crippen molar-refractivity contribution in [2.75, 3.05) is 6.54 Å². The zero-order chi connectivity index (χ0) is 13.5. The molecular weight excluding hydrogens is 222 g/mol. The van der Waals surface area contributed by atoms with Gasteiger partial charge in [0, 0.05) is 24.7 Å². The van der Waals surface area contributed by atoms with Gasteiger partial charge >= 0.3 is 0 Å². The molecule has 1 aromatic rings. The van der Waals surface area contributed by atoms with Crippen LogP contribution in [0.15, 0.2) is 6.07 Å². The Morgan fingerprint density at radius 1 is 1.28 bits per heavy atom. The molecule has 104 valence electrons. The first-order chi connectivity index (χ1) is 8.62. The predicted octanol–water partition coefficient (Wildman–Crippen LogP) is 3.03. The van der Waals surface area contributed by atoms with Crippen LogP contribution >= 0.6 is 0 Å². The van der Waals surface area contributed by atoms with Gasteiger partial charge in [-0.2, -0.15) is 5.10 Å². The number of nitrogens with one attached hydrogen (secondary N) is 1. The Hall–Kier alpha value is -0.830. The minimum absolute atomic E-state index is 0.552. The van der Waals surface area contributed by atoms with Crippen molar-refractivity contribution in [2.45, 2.75) is 66.5 Å². The quantitative estimate of drug-likeness (QED) is 0.769. The summed E-state index contributed by atoms with van der Waals surface area (Å²) >= 11 is 0. The molecule has 0 amide bonds. The van der Waals surface area contributed by atoms with Crippen LogP contribution < -0.4 is 5.32 Å². The largest absolute Gasteiger partial charge is 0.313 e. The molecule has 0 aliphatic heterocycles. The lowest BCUT2D eigenvalue weighted by Gasteiger charge is -2.22. The van der Waals surface area contributed by atoms with Crippen LogP contribution in [0.1, 0.15) is 52.4 Å². The maximum atomic E-state index is 4.63. The summed E-state index contributed by atoms with van der Waals surface area (Å²) in [5, 5.41) is 8.28. The first-order valence-electron chi connectivity index (χ1n) is 7.41. The van der Waals surface area contributed by atoms with Gasteiger partial charge < -0.3 is 5.32 Å². The van der Waals surface area contributed by atoms with E-state index in [9.17, 15) is 0 Å². The molecule has 0 fully saturated rings. The van der Waals surface area contributed by atoms with Gasteiger partial charge in [0.2, 0.25) is 0 Å². The lowest BCUT2D eigenvalue weighted by atomic mass is 9.98. The van der Waals surface area contributed by atoms with Gasteiger partial charge in [-0.15, -0.1) is 0 Å². The van der Waals surface area contributed by atoms with Crippen molar-refractivity contribution < 1.29 is 0 Å². The molecule has 0 saturated heterocycles. The van der Waals surface area contributed by atoms with Crippen molar-refractivity contribution in [1.82, 2.24) is 15.1 Å². The van der Waals surface area contributed by atoms with E-state index in [4.69, 9.17) is 0 Å². The normalized spacial score (nSPS) is 13.2. The molecule has 1 N–H and O–H groups in total. The van der Waals surface area contributed by atoms with Crippen molar-refractivity contribution in [3.63, 3.8) is 0 Å². The van der Waals surface area contributed by atoms with Crippen LogP contribution in [-0.4, -0.2) is 22.4 Å². The maximum absolute atomic E-state index is 4.63. The van der Waals surface area contributed by atoms with E-state index in [0.29, 0.717) is 12.0 Å². The molecule has 0 aliphatic carbocycles. The predicted molar refractivity (Wildman–Crippen MR) is 77.9 cm³/mol. The van der Waals surface area contributed by atoms with Crippen molar-refractivity contribution in [3.05, 3.63) is 17.5 Å². The number of aryl methyl sites for hydroxylation is 2. The van der Waals surface area contributed by atoms with Crippen molar-refractivity contribution >= 4 is 0 Å². The number of hydrogen-bond acceptors (Lipinski definition) is 2. The Balaban J connectivity index is 2.75. The Morgan fingerprint density at radius 2 is 2.00 bits per heavy atom. The van der Waals surface area contributed by atoms with Crippen LogP contribution in [0.5, 0.6) is 0 Å². The minimum atomic E-state index is 0.552. The monoisotopic (exact) mass is 251 g/mol. The maximum Gasteiger partial charge on any atom is 0.0624 e. The second kappa shape index (κ2) is 7.57. The third kappa shape index (κ3) is 4.13. The third-order valence-corrected chi connectivity index (χ3v) is 3.47. The zero-order valence-electron chi connectivity index (χ0n) is 12.7.